The number of rotatable bonds is 4. The molecule has 0 saturated heterocycles. The molecular weight excluding hydrogens is 436 g/mol. The van der Waals surface area contributed by atoms with E-state index < -0.39 is 0 Å². The van der Waals surface area contributed by atoms with Gasteiger partial charge in [0.2, 0.25) is 0 Å². The Labute approximate surface area is 197 Å². The minimum Gasteiger partial charge on any atom is -0.326 e. The minimum atomic E-state index is -0.291. The molecule has 6 rings (SSSR count). The van der Waals surface area contributed by atoms with Gasteiger partial charge in [0.15, 0.2) is 11.3 Å². The van der Waals surface area contributed by atoms with E-state index in [1.807, 2.05) is 59.7 Å². The van der Waals surface area contributed by atoms with Gasteiger partial charge in [-0.3, -0.25) is 14.1 Å². The zero-order valence-electron chi connectivity index (χ0n) is 19.1. The van der Waals surface area contributed by atoms with E-state index in [-0.39, 0.29) is 18.0 Å². The van der Waals surface area contributed by atoms with Gasteiger partial charge in [-0.15, -0.1) is 10.2 Å². The van der Waals surface area contributed by atoms with Crippen LogP contribution in [0.2, 0.25) is 5.02 Å². The highest BCUT2D eigenvalue weighted by atomic mass is 35.5. The number of amides is 1. The summed E-state index contributed by atoms with van der Waals surface area (Å²) in [4.78, 5) is 20.7. The van der Waals surface area contributed by atoms with Crippen LogP contribution < -0.4 is 4.90 Å². The number of halogens is 1. The molecular formula is C25H25ClN6O. The van der Waals surface area contributed by atoms with Crippen molar-refractivity contribution in [3.8, 4) is 0 Å². The second-order valence-electron chi connectivity index (χ2n) is 9.39. The average molecular weight is 461 g/mol. The van der Waals surface area contributed by atoms with Gasteiger partial charge in [0.25, 0.3) is 5.91 Å². The molecule has 1 aliphatic carbocycles. The second kappa shape index (κ2) is 7.15. The van der Waals surface area contributed by atoms with Gasteiger partial charge in [0.1, 0.15) is 17.7 Å². The van der Waals surface area contributed by atoms with Crippen molar-refractivity contribution in [3.63, 3.8) is 0 Å². The molecule has 3 aromatic heterocycles. The van der Waals surface area contributed by atoms with Crippen LogP contribution in [-0.2, 0) is 0 Å². The van der Waals surface area contributed by atoms with Gasteiger partial charge >= 0.3 is 0 Å². The molecule has 2 aliphatic rings. The zero-order chi connectivity index (χ0) is 23.0. The van der Waals surface area contributed by atoms with Crippen LogP contribution in [0.25, 0.3) is 5.65 Å². The lowest BCUT2D eigenvalue weighted by molar-refractivity contribution is 0.0989. The van der Waals surface area contributed by atoms with Crippen molar-refractivity contribution in [1.29, 1.82) is 0 Å². The first-order chi connectivity index (χ1) is 15.8. The maximum Gasteiger partial charge on any atom is 0.279 e. The molecule has 1 saturated carbocycles. The lowest BCUT2D eigenvalue weighted by atomic mass is 10.0. The third-order valence-electron chi connectivity index (χ3n) is 6.68. The van der Waals surface area contributed by atoms with Gasteiger partial charge in [-0.1, -0.05) is 23.7 Å². The fraction of sp³-hybridized carbons (Fsp3) is 0.360. The standard InChI is InChI=1S/C25H25ClN6O/c1-13(2)31-22-20(27-24(31)17-5-6-17)25(33)32(21(22)16-7-9-18(26)10-8-16)19-11-14(3)23-29-28-15(4)30(23)12-19/h7-13,17,21H,5-6H2,1-4H3/t21-/m1/s1. The first-order valence-electron chi connectivity index (χ1n) is 11.4. The van der Waals surface area contributed by atoms with Crippen molar-refractivity contribution in [1.82, 2.24) is 24.1 Å². The van der Waals surface area contributed by atoms with E-state index in [2.05, 4.69) is 28.6 Å². The molecule has 0 N–H and O–H groups in total. The number of benzene rings is 1. The third-order valence-corrected chi connectivity index (χ3v) is 6.93. The molecule has 1 aromatic carbocycles. The molecule has 4 aromatic rings. The fourth-order valence-electron chi connectivity index (χ4n) is 5.01. The summed E-state index contributed by atoms with van der Waals surface area (Å²) < 4.78 is 4.24. The number of pyridine rings is 1. The third kappa shape index (κ3) is 3.02. The number of anilines is 1. The van der Waals surface area contributed by atoms with Gasteiger partial charge in [0, 0.05) is 23.2 Å². The SMILES string of the molecule is Cc1cc(N2C(=O)c3nc(C4CC4)n(C(C)C)c3[C@H]2c2ccc(Cl)cc2)cn2c(C)nnc12. The van der Waals surface area contributed by atoms with Crippen LogP contribution in [0.4, 0.5) is 5.69 Å². The van der Waals surface area contributed by atoms with Crippen molar-refractivity contribution in [3.05, 3.63) is 75.7 Å². The first-order valence-corrected chi connectivity index (χ1v) is 11.8. The van der Waals surface area contributed by atoms with E-state index in [1.54, 1.807) is 0 Å². The first kappa shape index (κ1) is 20.4. The summed E-state index contributed by atoms with van der Waals surface area (Å²) in [6, 6.07) is 9.70. The maximum absolute atomic E-state index is 13.9. The molecule has 0 unspecified atom stereocenters. The molecule has 0 radical (unpaired) electrons. The van der Waals surface area contributed by atoms with Crippen LogP contribution in [0, 0.1) is 13.8 Å². The van der Waals surface area contributed by atoms with Crippen LogP contribution in [0.1, 0.15) is 83.6 Å². The Kier molecular flexibility index (Phi) is 4.43. The van der Waals surface area contributed by atoms with Gasteiger partial charge in [-0.25, -0.2) is 4.98 Å². The van der Waals surface area contributed by atoms with Crippen molar-refractivity contribution in [2.45, 2.75) is 58.5 Å². The Morgan fingerprint density at radius 2 is 1.82 bits per heavy atom. The summed E-state index contributed by atoms with van der Waals surface area (Å²) in [5, 5.41) is 9.16. The molecule has 0 spiro atoms. The summed E-state index contributed by atoms with van der Waals surface area (Å²) in [6.45, 7) is 8.24. The lowest BCUT2D eigenvalue weighted by Gasteiger charge is -2.29. The Hall–Kier alpha value is -3.19. The predicted octanol–water partition coefficient (Wildman–Crippen LogP) is 5.40. The number of imidazole rings is 1. The van der Waals surface area contributed by atoms with Crippen LogP contribution in [0.3, 0.4) is 0 Å². The maximum atomic E-state index is 13.9. The summed E-state index contributed by atoms with van der Waals surface area (Å²) in [6.07, 6.45) is 4.22. The average Bonchev–Trinajstić information content (AvgIpc) is 3.36. The van der Waals surface area contributed by atoms with Crippen molar-refractivity contribution in [2.24, 2.45) is 0 Å². The minimum absolute atomic E-state index is 0.0734. The second-order valence-corrected chi connectivity index (χ2v) is 9.83. The highest BCUT2D eigenvalue weighted by molar-refractivity contribution is 6.30. The number of aromatic nitrogens is 5. The van der Waals surface area contributed by atoms with Crippen molar-refractivity contribution < 1.29 is 4.79 Å². The quantitative estimate of drug-likeness (QED) is 0.408. The Morgan fingerprint density at radius 3 is 2.48 bits per heavy atom. The molecule has 168 valence electrons. The zero-order valence-corrected chi connectivity index (χ0v) is 19.8. The molecule has 8 heteroatoms. The molecule has 4 heterocycles. The number of aryl methyl sites for hydroxylation is 2. The largest absolute Gasteiger partial charge is 0.326 e. The monoisotopic (exact) mass is 460 g/mol. The molecule has 7 nitrogen and oxygen atoms in total. The van der Waals surface area contributed by atoms with Gasteiger partial charge in [0.05, 0.1) is 11.4 Å². The van der Waals surface area contributed by atoms with E-state index in [0.717, 1.165) is 52.6 Å². The predicted molar refractivity (Wildman–Crippen MR) is 127 cm³/mol. The Balaban J connectivity index is 1.60. The summed E-state index contributed by atoms with van der Waals surface area (Å²) >= 11 is 6.21. The van der Waals surface area contributed by atoms with Crippen molar-refractivity contribution >= 4 is 28.8 Å². The van der Waals surface area contributed by atoms with Crippen molar-refractivity contribution in [2.75, 3.05) is 4.90 Å². The number of carbonyl (C=O) groups is 1. The van der Waals surface area contributed by atoms with Crippen LogP contribution >= 0.6 is 11.6 Å². The highest BCUT2D eigenvalue weighted by Gasteiger charge is 2.46. The molecule has 1 amide bonds. The molecule has 1 aliphatic heterocycles. The molecule has 33 heavy (non-hydrogen) atoms. The van der Waals surface area contributed by atoms with Crippen LogP contribution in [0.5, 0.6) is 0 Å². The number of hydrogen-bond donors (Lipinski definition) is 0. The fourth-order valence-corrected chi connectivity index (χ4v) is 5.13. The Bertz CT molecular complexity index is 1410. The number of carbonyl (C=O) groups excluding carboxylic acids is 1. The van der Waals surface area contributed by atoms with E-state index in [0.29, 0.717) is 16.6 Å². The topological polar surface area (TPSA) is 68.3 Å². The number of hydrogen-bond acceptors (Lipinski definition) is 4. The van der Waals surface area contributed by atoms with E-state index >= 15 is 0 Å². The van der Waals surface area contributed by atoms with Gasteiger partial charge in [-0.2, -0.15) is 0 Å². The van der Waals surface area contributed by atoms with Gasteiger partial charge < -0.3 is 4.57 Å². The smallest absolute Gasteiger partial charge is 0.279 e. The van der Waals surface area contributed by atoms with E-state index in [4.69, 9.17) is 16.6 Å². The van der Waals surface area contributed by atoms with E-state index in [9.17, 15) is 4.79 Å². The number of fused-ring (bicyclic) bond motifs is 2. The summed E-state index contributed by atoms with van der Waals surface area (Å²) in [7, 11) is 0. The van der Waals surface area contributed by atoms with E-state index in [1.165, 1.54) is 0 Å². The lowest BCUT2D eigenvalue weighted by Crippen LogP contribution is -2.31. The normalized spacial score (nSPS) is 18.1. The molecule has 1 fully saturated rings. The summed E-state index contributed by atoms with van der Waals surface area (Å²) in [5.74, 6) is 2.20. The van der Waals surface area contributed by atoms with Crippen LogP contribution in [-0.4, -0.2) is 30.1 Å². The molecule has 1 atom stereocenters. The number of nitrogens with zero attached hydrogens (tertiary/aromatic N) is 6. The summed E-state index contributed by atoms with van der Waals surface area (Å²) in [5.41, 5.74) is 5.10. The van der Waals surface area contributed by atoms with Gasteiger partial charge in [-0.05, 0) is 69.9 Å². The molecule has 0 bridgehead atoms. The highest BCUT2D eigenvalue weighted by Crippen LogP contribution is 2.48. The Morgan fingerprint density at radius 1 is 1.09 bits per heavy atom. The van der Waals surface area contributed by atoms with Crippen LogP contribution in [0.15, 0.2) is 36.5 Å².